The Hall–Kier alpha value is -2.56. The lowest BCUT2D eigenvalue weighted by Crippen LogP contribution is -2.44. The van der Waals surface area contributed by atoms with Crippen LogP contribution in [-0.4, -0.2) is 69.5 Å². The highest BCUT2D eigenvalue weighted by molar-refractivity contribution is 7.86. The molecule has 1 saturated heterocycles. The molecule has 2 atom stereocenters. The number of aromatic nitrogens is 2. The zero-order valence-electron chi connectivity index (χ0n) is 20.6. The Morgan fingerprint density at radius 2 is 2.03 bits per heavy atom. The van der Waals surface area contributed by atoms with Gasteiger partial charge in [0, 0.05) is 53.1 Å². The first-order valence-electron chi connectivity index (χ1n) is 12.2. The molecule has 0 spiro atoms. The van der Waals surface area contributed by atoms with E-state index in [0.29, 0.717) is 36.9 Å². The van der Waals surface area contributed by atoms with E-state index in [1.807, 2.05) is 44.2 Å². The van der Waals surface area contributed by atoms with E-state index >= 15 is 0 Å². The minimum absolute atomic E-state index is 0.0307. The molecular formula is C25H35N5O4S. The van der Waals surface area contributed by atoms with Gasteiger partial charge in [0.25, 0.3) is 0 Å². The number of benzene rings is 1. The minimum atomic E-state index is -1.12. The largest absolute Gasteiger partial charge is 0.396 e. The molecule has 9 nitrogen and oxygen atoms in total. The quantitative estimate of drug-likeness (QED) is 0.484. The third kappa shape index (κ3) is 5.99. The van der Waals surface area contributed by atoms with E-state index in [1.54, 1.807) is 0 Å². The zero-order valence-corrected chi connectivity index (χ0v) is 21.4. The fraction of sp³-hybridized carbons (Fsp3) is 0.560. The van der Waals surface area contributed by atoms with Crippen LogP contribution in [0.3, 0.4) is 0 Å². The molecule has 3 N–H and O–H groups in total. The van der Waals surface area contributed by atoms with Gasteiger partial charge in [-0.15, -0.1) is 0 Å². The Kier molecular flexibility index (Phi) is 8.03. The van der Waals surface area contributed by atoms with Crippen molar-refractivity contribution in [3.05, 3.63) is 36.0 Å². The lowest BCUT2D eigenvalue weighted by Gasteiger charge is -2.34. The number of urea groups is 1. The number of ether oxygens (including phenoxy) is 1. The van der Waals surface area contributed by atoms with Crippen LogP contribution in [0.4, 0.5) is 16.3 Å². The summed E-state index contributed by atoms with van der Waals surface area (Å²) >= 11 is 0. The second kappa shape index (κ2) is 11.0. The van der Waals surface area contributed by atoms with Crippen molar-refractivity contribution in [3.8, 4) is 11.4 Å². The summed E-state index contributed by atoms with van der Waals surface area (Å²) in [6.45, 7) is 7.93. The van der Waals surface area contributed by atoms with Crippen molar-refractivity contribution in [3.63, 3.8) is 0 Å². The van der Waals surface area contributed by atoms with Crippen molar-refractivity contribution in [1.29, 1.82) is 0 Å². The van der Waals surface area contributed by atoms with Crippen molar-refractivity contribution in [2.24, 2.45) is 0 Å². The number of nitrogens with zero attached hydrogens (tertiary/aromatic N) is 3. The lowest BCUT2D eigenvalue weighted by atomic mass is 10.1. The summed E-state index contributed by atoms with van der Waals surface area (Å²) in [6.07, 6.45) is 2.14. The van der Waals surface area contributed by atoms with Crippen LogP contribution in [-0.2, 0) is 20.3 Å². The molecule has 1 unspecified atom stereocenters. The van der Waals surface area contributed by atoms with Crippen molar-refractivity contribution in [2.45, 2.75) is 56.9 Å². The second-order valence-electron chi connectivity index (χ2n) is 9.50. The number of hydrogen-bond donors (Lipinski definition) is 3. The lowest BCUT2D eigenvalue weighted by molar-refractivity contribution is 0.0985. The Balaban J connectivity index is 1.66. The van der Waals surface area contributed by atoms with Crippen molar-refractivity contribution >= 4 is 28.3 Å². The number of aliphatic hydroxyl groups is 1. The molecular weight excluding hydrogens is 466 g/mol. The molecule has 35 heavy (non-hydrogen) atoms. The average molecular weight is 502 g/mol. The number of amides is 2. The normalized spacial score (nSPS) is 19.9. The van der Waals surface area contributed by atoms with Crippen molar-refractivity contribution in [1.82, 2.24) is 15.3 Å². The van der Waals surface area contributed by atoms with Crippen LogP contribution in [0.5, 0.6) is 0 Å². The summed E-state index contributed by atoms with van der Waals surface area (Å²) in [5, 5.41) is 14.9. The molecule has 10 heteroatoms. The summed E-state index contributed by atoms with van der Waals surface area (Å²) in [4.78, 5) is 24.0. The molecule has 1 saturated carbocycles. The van der Waals surface area contributed by atoms with E-state index < -0.39 is 15.5 Å². The SMILES string of the molecule is CC(C)NC(=O)Nc1ccc(-c2nc(N3CCOC[C@@H]3C)cc(C3(S(=O)CCCO)CC3)n2)cc1. The molecule has 4 rings (SSSR count). The first-order valence-corrected chi connectivity index (χ1v) is 13.6. The smallest absolute Gasteiger partial charge is 0.319 e. The number of carbonyl (C=O) groups excluding carboxylic acids is 1. The van der Waals surface area contributed by atoms with Gasteiger partial charge in [-0.25, -0.2) is 14.8 Å². The molecule has 1 aliphatic heterocycles. The maximum atomic E-state index is 13.2. The van der Waals surface area contributed by atoms with Gasteiger partial charge in [0.2, 0.25) is 0 Å². The van der Waals surface area contributed by atoms with Crippen LogP contribution in [0.25, 0.3) is 11.4 Å². The van der Waals surface area contributed by atoms with Crippen molar-refractivity contribution < 1.29 is 18.8 Å². The molecule has 1 aliphatic carbocycles. The zero-order chi connectivity index (χ0) is 25.0. The van der Waals surface area contributed by atoms with E-state index in [9.17, 15) is 14.1 Å². The minimum Gasteiger partial charge on any atom is -0.396 e. The Morgan fingerprint density at radius 1 is 1.29 bits per heavy atom. The Bertz CT molecular complexity index is 1060. The first-order chi connectivity index (χ1) is 16.8. The van der Waals surface area contributed by atoms with Gasteiger partial charge in [-0.2, -0.15) is 0 Å². The summed E-state index contributed by atoms with van der Waals surface area (Å²) in [6, 6.07) is 9.38. The summed E-state index contributed by atoms with van der Waals surface area (Å²) in [7, 11) is -1.12. The van der Waals surface area contributed by atoms with Crippen LogP contribution in [0.1, 0.15) is 45.7 Å². The van der Waals surface area contributed by atoms with E-state index in [-0.39, 0.29) is 24.7 Å². The number of morpholine rings is 1. The number of anilines is 2. The molecule has 2 aliphatic rings. The van der Waals surface area contributed by atoms with Crippen LogP contribution in [0.15, 0.2) is 30.3 Å². The second-order valence-corrected chi connectivity index (χ2v) is 11.4. The highest BCUT2D eigenvalue weighted by Gasteiger charge is 2.51. The summed E-state index contributed by atoms with van der Waals surface area (Å²) in [5.41, 5.74) is 2.29. The number of aliphatic hydroxyl groups excluding tert-OH is 1. The summed E-state index contributed by atoms with van der Waals surface area (Å²) < 4.78 is 18.3. The fourth-order valence-corrected chi connectivity index (χ4v) is 5.93. The molecule has 2 fully saturated rings. The van der Waals surface area contributed by atoms with E-state index in [2.05, 4.69) is 22.5 Å². The fourth-order valence-electron chi connectivity index (χ4n) is 4.25. The molecule has 1 aromatic heterocycles. The monoisotopic (exact) mass is 501 g/mol. The molecule has 2 heterocycles. The highest BCUT2D eigenvalue weighted by Crippen LogP contribution is 2.51. The van der Waals surface area contributed by atoms with Gasteiger partial charge in [0.1, 0.15) is 5.82 Å². The van der Waals surface area contributed by atoms with Crippen LogP contribution >= 0.6 is 0 Å². The van der Waals surface area contributed by atoms with Crippen molar-refractivity contribution in [2.75, 3.05) is 42.3 Å². The predicted octanol–water partition coefficient (Wildman–Crippen LogP) is 3.02. The number of nitrogens with one attached hydrogen (secondary N) is 2. The maximum Gasteiger partial charge on any atom is 0.319 e. The van der Waals surface area contributed by atoms with Gasteiger partial charge in [0.15, 0.2) is 5.82 Å². The Labute approximate surface area is 209 Å². The van der Waals surface area contributed by atoms with E-state index in [1.165, 1.54) is 0 Å². The number of rotatable bonds is 9. The standard InChI is InChI=1S/C25H35N5O4S/c1-17(2)26-24(32)27-20-7-5-19(6-8-20)23-28-21(25(9-10-25)35(33)14-4-12-31)15-22(29-23)30-11-13-34-16-18(30)3/h5-8,15,17-18,31H,4,9-14,16H2,1-3H3,(H2,26,27,32)/t18-,35?/m0/s1. The van der Waals surface area contributed by atoms with Gasteiger partial charge in [0.05, 0.1) is 29.7 Å². The highest BCUT2D eigenvalue weighted by atomic mass is 32.2. The van der Waals surface area contributed by atoms with Crippen LogP contribution < -0.4 is 15.5 Å². The van der Waals surface area contributed by atoms with E-state index in [0.717, 1.165) is 36.5 Å². The third-order valence-electron chi connectivity index (χ3n) is 6.29. The molecule has 0 bridgehead atoms. The topological polar surface area (TPSA) is 117 Å². The molecule has 0 radical (unpaired) electrons. The molecule has 2 aromatic rings. The van der Waals surface area contributed by atoms with Crippen LogP contribution in [0, 0.1) is 0 Å². The average Bonchev–Trinajstić information content (AvgIpc) is 3.65. The molecule has 1 aromatic carbocycles. The Morgan fingerprint density at radius 3 is 2.66 bits per heavy atom. The third-order valence-corrected chi connectivity index (χ3v) is 8.44. The van der Waals surface area contributed by atoms with Gasteiger partial charge >= 0.3 is 6.03 Å². The van der Waals surface area contributed by atoms with Gasteiger partial charge in [-0.1, -0.05) is 0 Å². The van der Waals surface area contributed by atoms with Gasteiger partial charge in [-0.05, 0) is 64.3 Å². The molecule has 2 amide bonds. The first kappa shape index (κ1) is 25.5. The van der Waals surface area contributed by atoms with Gasteiger partial charge in [-0.3, -0.25) is 4.21 Å². The number of hydrogen-bond acceptors (Lipinski definition) is 7. The predicted molar refractivity (Wildman–Crippen MR) is 138 cm³/mol. The van der Waals surface area contributed by atoms with Crippen LogP contribution in [0.2, 0.25) is 0 Å². The van der Waals surface area contributed by atoms with Gasteiger partial charge < -0.3 is 25.4 Å². The maximum absolute atomic E-state index is 13.2. The summed E-state index contributed by atoms with van der Waals surface area (Å²) in [5.74, 6) is 1.84. The molecule has 190 valence electrons. The van der Waals surface area contributed by atoms with E-state index in [4.69, 9.17) is 14.7 Å². The number of carbonyl (C=O) groups is 1.